The number of esters is 1. The number of hydrogen-bond donors (Lipinski definition) is 1. The van der Waals surface area contributed by atoms with E-state index in [2.05, 4.69) is 29.1 Å². The van der Waals surface area contributed by atoms with E-state index >= 15 is 0 Å². The fourth-order valence-electron chi connectivity index (χ4n) is 6.89. The Morgan fingerprint density at radius 2 is 1.95 bits per heavy atom. The Balaban J connectivity index is 1.82. The van der Waals surface area contributed by atoms with Crippen molar-refractivity contribution in [3.63, 3.8) is 0 Å². The Bertz CT molecular complexity index is 1150. The fourth-order valence-corrected chi connectivity index (χ4v) is 7.83. The number of aliphatic hydroxyl groups is 1. The first-order valence-corrected chi connectivity index (χ1v) is 15.0. The molecule has 9 heteroatoms. The molecule has 1 spiro atoms. The molecule has 3 aliphatic heterocycles. The van der Waals surface area contributed by atoms with Crippen LogP contribution in [-0.2, 0) is 23.9 Å². The van der Waals surface area contributed by atoms with Gasteiger partial charge in [0.15, 0.2) is 0 Å². The Morgan fingerprint density at radius 1 is 1.27 bits per heavy atom. The number of anilines is 1. The van der Waals surface area contributed by atoms with Crippen molar-refractivity contribution in [2.75, 3.05) is 24.7 Å². The molecule has 7 atom stereocenters. The molecule has 1 aromatic carbocycles. The largest absolute Gasteiger partial charge is 0.465 e. The second-order valence-electron chi connectivity index (χ2n) is 11.5. The molecule has 2 amide bonds. The molecular formula is C31H41BrN2O6. The lowest BCUT2D eigenvalue weighted by Crippen LogP contribution is -2.60. The molecule has 0 aliphatic carbocycles. The molecule has 3 fully saturated rings. The number of carbonyl (C=O) groups excluding carboxylic acids is 3. The standard InChI is InChI=1S/C31H41BrN2O6/c1-7-9-10-15-39-30(38)23-24-28(36)34(22(17-35)18(3)4)27(31(24)16-21(32)26(23)40-31)29(37)33(14-8-2)25-19(5)12-11-13-20(25)6/h7-8,11-13,18,21-24,26-27,35H,1-2,9-10,14-17H2,3-6H3/t21?,22-,23+,24-,26+,27?,31?/m0/s1. The van der Waals surface area contributed by atoms with Crippen molar-refractivity contribution in [1.82, 2.24) is 4.90 Å². The van der Waals surface area contributed by atoms with Crippen molar-refractivity contribution in [3.8, 4) is 0 Å². The van der Waals surface area contributed by atoms with Crippen molar-refractivity contribution < 1.29 is 29.0 Å². The molecule has 0 saturated carbocycles. The minimum atomic E-state index is -1.24. The van der Waals surface area contributed by atoms with Crippen molar-refractivity contribution >= 4 is 39.4 Å². The summed E-state index contributed by atoms with van der Waals surface area (Å²) < 4.78 is 12.2. The lowest BCUT2D eigenvalue weighted by Gasteiger charge is -2.41. The number of hydrogen-bond acceptors (Lipinski definition) is 6. The van der Waals surface area contributed by atoms with Gasteiger partial charge in [0.1, 0.15) is 11.6 Å². The second-order valence-corrected chi connectivity index (χ2v) is 12.7. The van der Waals surface area contributed by atoms with Crippen LogP contribution in [0.15, 0.2) is 43.5 Å². The molecule has 0 aromatic heterocycles. The monoisotopic (exact) mass is 616 g/mol. The average Bonchev–Trinajstić information content (AvgIpc) is 3.49. The minimum absolute atomic E-state index is 0.145. The predicted octanol–water partition coefficient (Wildman–Crippen LogP) is 4.10. The Hall–Kier alpha value is -2.49. The summed E-state index contributed by atoms with van der Waals surface area (Å²) in [5, 5.41) is 10.5. The van der Waals surface area contributed by atoms with Gasteiger partial charge in [-0.15, -0.1) is 13.2 Å². The van der Waals surface area contributed by atoms with E-state index in [1.54, 1.807) is 17.1 Å². The molecule has 3 heterocycles. The Morgan fingerprint density at radius 3 is 2.52 bits per heavy atom. The molecule has 40 heavy (non-hydrogen) atoms. The van der Waals surface area contributed by atoms with E-state index in [-0.39, 0.29) is 42.3 Å². The van der Waals surface area contributed by atoms with Crippen LogP contribution in [0, 0.1) is 31.6 Å². The van der Waals surface area contributed by atoms with Crippen LogP contribution in [0.4, 0.5) is 5.69 Å². The summed E-state index contributed by atoms with van der Waals surface area (Å²) in [4.78, 5) is 45.5. The highest BCUT2D eigenvalue weighted by atomic mass is 79.9. The van der Waals surface area contributed by atoms with Crippen molar-refractivity contribution in [2.24, 2.45) is 17.8 Å². The number of nitrogens with zero attached hydrogens (tertiary/aromatic N) is 2. The van der Waals surface area contributed by atoms with Gasteiger partial charge in [-0.3, -0.25) is 14.4 Å². The first-order valence-electron chi connectivity index (χ1n) is 14.1. The summed E-state index contributed by atoms with van der Waals surface area (Å²) in [7, 11) is 0. The van der Waals surface area contributed by atoms with Crippen LogP contribution < -0.4 is 4.90 Å². The van der Waals surface area contributed by atoms with Gasteiger partial charge in [-0.2, -0.15) is 0 Å². The van der Waals surface area contributed by atoms with Gasteiger partial charge in [-0.1, -0.05) is 60.1 Å². The summed E-state index contributed by atoms with van der Waals surface area (Å²) in [6.45, 7) is 15.4. The van der Waals surface area contributed by atoms with Gasteiger partial charge < -0.3 is 24.4 Å². The summed E-state index contributed by atoms with van der Waals surface area (Å²) in [5.41, 5.74) is 1.35. The molecular weight excluding hydrogens is 576 g/mol. The van der Waals surface area contributed by atoms with E-state index in [4.69, 9.17) is 9.47 Å². The number of ether oxygens (including phenoxy) is 2. The SMILES string of the molecule is C=CCCCOC(=O)[C@H]1[C@@H]2OC3(CC2Br)C(C(=O)N(CC=C)c2c(C)cccc2C)N([C@@H](CO)C(C)C)C(=O)[C@H]13. The summed E-state index contributed by atoms with van der Waals surface area (Å²) >= 11 is 3.70. The third-order valence-electron chi connectivity index (χ3n) is 8.63. The summed E-state index contributed by atoms with van der Waals surface area (Å²) in [6.07, 6.45) is 4.55. The maximum absolute atomic E-state index is 14.8. The molecule has 8 nitrogen and oxygen atoms in total. The highest BCUT2D eigenvalue weighted by molar-refractivity contribution is 9.09. The van der Waals surface area contributed by atoms with Gasteiger partial charge in [-0.25, -0.2) is 0 Å². The van der Waals surface area contributed by atoms with E-state index in [0.717, 1.165) is 16.8 Å². The van der Waals surface area contributed by atoms with E-state index < -0.39 is 41.6 Å². The van der Waals surface area contributed by atoms with Crippen molar-refractivity contribution in [1.29, 1.82) is 0 Å². The molecule has 0 radical (unpaired) electrons. The van der Waals surface area contributed by atoms with Crippen LogP contribution >= 0.6 is 15.9 Å². The third-order valence-corrected chi connectivity index (χ3v) is 9.48. The number of benzene rings is 1. The van der Waals surface area contributed by atoms with Crippen LogP contribution in [0.1, 0.15) is 44.2 Å². The Labute approximate surface area is 245 Å². The van der Waals surface area contributed by atoms with E-state index in [9.17, 15) is 19.5 Å². The smallest absolute Gasteiger partial charge is 0.312 e. The molecule has 3 saturated heterocycles. The number of carbonyl (C=O) groups is 3. The zero-order valence-corrected chi connectivity index (χ0v) is 25.4. The number of alkyl halides is 1. The molecule has 1 aromatic rings. The number of fused-ring (bicyclic) bond motifs is 1. The molecule has 3 aliphatic rings. The van der Waals surface area contributed by atoms with Crippen molar-refractivity contribution in [2.45, 2.75) is 75.6 Å². The van der Waals surface area contributed by atoms with Gasteiger partial charge >= 0.3 is 5.97 Å². The zero-order valence-electron chi connectivity index (χ0n) is 23.8. The second kappa shape index (κ2) is 12.2. The number of unbranched alkanes of at least 4 members (excludes halogenated alkanes) is 1. The topological polar surface area (TPSA) is 96.4 Å². The van der Waals surface area contributed by atoms with E-state index in [1.165, 1.54) is 4.90 Å². The summed E-state index contributed by atoms with van der Waals surface area (Å²) in [5.74, 6) is -3.03. The summed E-state index contributed by atoms with van der Waals surface area (Å²) in [6, 6.07) is 4.16. The van der Waals surface area contributed by atoms with Gasteiger partial charge in [0.2, 0.25) is 5.91 Å². The zero-order chi connectivity index (χ0) is 29.4. The van der Waals surface area contributed by atoms with Gasteiger partial charge in [0.25, 0.3) is 5.91 Å². The van der Waals surface area contributed by atoms with Gasteiger partial charge in [0, 0.05) is 17.1 Å². The highest BCUT2D eigenvalue weighted by Crippen LogP contribution is 2.61. The first kappa shape index (κ1) is 30.5. The van der Waals surface area contributed by atoms with Crippen LogP contribution in [0.25, 0.3) is 0 Å². The number of likely N-dealkylation sites (tertiary alicyclic amines) is 1. The minimum Gasteiger partial charge on any atom is -0.465 e. The van der Waals surface area contributed by atoms with Crippen molar-refractivity contribution in [3.05, 3.63) is 54.6 Å². The first-order chi connectivity index (χ1) is 19.0. The predicted molar refractivity (Wildman–Crippen MR) is 157 cm³/mol. The third kappa shape index (κ3) is 4.94. The number of allylic oxidation sites excluding steroid dienone is 1. The number of para-hydroxylation sites is 1. The van der Waals surface area contributed by atoms with Crippen LogP contribution in [0.2, 0.25) is 0 Å². The number of aryl methyl sites for hydroxylation is 2. The molecule has 3 unspecified atom stereocenters. The molecule has 1 N–H and O–H groups in total. The van der Waals surface area contributed by atoms with Gasteiger partial charge in [0.05, 0.1) is 37.2 Å². The molecule has 2 bridgehead atoms. The quantitative estimate of drug-likeness (QED) is 0.164. The lowest BCUT2D eigenvalue weighted by molar-refractivity contribution is -0.156. The number of rotatable bonds is 12. The molecule has 218 valence electrons. The fraction of sp³-hybridized carbons (Fsp3) is 0.581. The Kier molecular flexibility index (Phi) is 9.27. The molecule has 4 rings (SSSR count). The average molecular weight is 618 g/mol. The van der Waals surface area contributed by atoms with Gasteiger partial charge in [-0.05, 0) is 50.2 Å². The maximum Gasteiger partial charge on any atom is 0.312 e. The number of halogens is 1. The van der Waals surface area contributed by atoms with E-state index in [1.807, 2.05) is 45.9 Å². The lowest BCUT2D eigenvalue weighted by atomic mass is 9.70. The number of amides is 2. The highest BCUT2D eigenvalue weighted by Gasteiger charge is 2.77. The van der Waals surface area contributed by atoms with E-state index in [0.29, 0.717) is 19.3 Å². The van der Waals surface area contributed by atoms with Crippen LogP contribution in [-0.4, -0.2) is 76.2 Å². The maximum atomic E-state index is 14.8. The normalized spacial score (nSPS) is 29.4. The van der Waals surface area contributed by atoms with Crippen LogP contribution in [0.3, 0.4) is 0 Å². The number of aliphatic hydroxyl groups excluding tert-OH is 1. The van der Waals surface area contributed by atoms with Crippen LogP contribution in [0.5, 0.6) is 0 Å².